The van der Waals surface area contributed by atoms with Gasteiger partial charge in [0.05, 0.1) is 4.90 Å². The number of nitrogens with two attached hydrogens (primary N) is 1. The number of alkyl halides is 1. The van der Waals surface area contributed by atoms with Gasteiger partial charge in [-0.15, -0.1) is 0 Å². The van der Waals surface area contributed by atoms with E-state index in [2.05, 4.69) is 15.9 Å². The van der Waals surface area contributed by atoms with Crippen LogP contribution in [0.3, 0.4) is 0 Å². The smallest absolute Gasteiger partial charge is 0.225 e. The molecule has 1 aromatic rings. The fourth-order valence-electron chi connectivity index (χ4n) is 1.09. The standard InChI is InChI=1S/C8H10BrNO2S/c9-6-5-7-3-1-2-4-8(7)13(10,11)12/h1-4H,5-6H2,(H2,10,11,12). The molecule has 0 aromatic heterocycles. The Morgan fingerprint density at radius 3 is 2.46 bits per heavy atom. The molecule has 13 heavy (non-hydrogen) atoms. The van der Waals surface area contributed by atoms with E-state index in [0.29, 0.717) is 6.42 Å². The highest BCUT2D eigenvalue weighted by molar-refractivity contribution is 9.09. The molecule has 0 amide bonds. The molecule has 72 valence electrons. The minimum absolute atomic E-state index is 0.217. The predicted molar refractivity (Wildman–Crippen MR) is 55.3 cm³/mol. The maximum Gasteiger partial charge on any atom is 0.238 e. The third kappa shape index (κ3) is 2.79. The number of sulfonamides is 1. The molecule has 0 atom stereocenters. The van der Waals surface area contributed by atoms with Crippen LogP contribution in [0.25, 0.3) is 0 Å². The summed E-state index contributed by atoms with van der Waals surface area (Å²) in [5, 5.41) is 5.77. The highest BCUT2D eigenvalue weighted by Gasteiger charge is 2.11. The van der Waals surface area contributed by atoms with E-state index in [1.807, 2.05) is 0 Å². The quantitative estimate of drug-likeness (QED) is 0.836. The number of primary sulfonamides is 1. The zero-order valence-corrected chi connectivity index (χ0v) is 9.31. The largest absolute Gasteiger partial charge is 0.238 e. The average Bonchev–Trinajstić information content (AvgIpc) is 2.04. The number of halogens is 1. The van der Waals surface area contributed by atoms with Crippen molar-refractivity contribution in [1.29, 1.82) is 0 Å². The molecule has 0 radical (unpaired) electrons. The number of rotatable bonds is 3. The molecular weight excluding hydrogens is 254 g/mol. The van der Waals surface area contributed by atoms with Crippen molar-refractivity contribution < 1.29 is 8.42 Å². The molecule has 0 aliphatic heterocycles. The van der Waals surface area contributed by atoms with Crippen LogP contribution in [-0.2, 0) is 16.4 Å². The van der Waals surface area contributed by atoms with Crippen molar-refractivity contribution in [3.8, 4) is 0 Å². The molecule has 0 unspecified atom stereocenters. The third-order valence-corrected chi connectivity index (χ3v) is 3.05. The zero-order valence-electron chi connectivity index (χ0n) is 6.90. The van der Waals surface area contributed by atoms with Crippen LogP contribution in [0, 0.1) is 0 Å². The van der Waals surface area contributed by atoms with E-state index in [1.54, 1.807) is 18.2 Å². The van der Waals surface area contributed by atoms with E-state index < -0.39 is 10.0 Å². The summed E-state index contributed by atoms with van der Waals surface area (Å²) in [5.41, 5.74) is 0.752. The summed E-state index contributed by atoms with van der Waals surface area (Å²) in [7, 11) is -3.58. The Bertz CT molecular complexity index is 389. The van der Waals surface area contributed by atoms with Crippen molar-refractivity contribution in [2.45, 2.75) is 11.3 Å². The summed E-state index contributed by atoms with van der Waals surface area (Å²) >= 11 is 3.25. The normalized spacial score (nSPS) is 11.5. The van der Waals surface area contributed by atoms with Gasteiger partial charge in [-0.1, -0.05) is 34.1 Å². The van der Waals surface area contributed by atoms with Crippen LogP contribution in [0.1, 0.15) is 5.56 Å². The van der Waals surface area contributed by atoms with Gasteiger partial charge in [-0.3, -0.25) is 0 Å². The third-order valence-electron chi connectivity index (χ3n) is 1.64. The van der Waals surface area contributed by atoms with Crippen LogP contribution < -0.4 is 5.14 Å². The molecule has 0 saturated heterocycles. The monoisotopic (exact) mass is 263 g/mol. The van der Waals surface area contributed by atoms with Crippen LogP contribution in [0.5, 0.6) is 0 Å². The second kappa shape index (κ2) is 4.21. The second-order valence-electron chi connectivity index (χ2n) is 2.59. The predicted octanol–water partition coefficient (Wildman–Crippen LogP) is 1.27. The molecule has 0 bridgehead atoms. The van der Waals surface area contributed by atoms with Crippen LogP contribution >= 0.6 is 15.9 Å². The lowest BCUT2D eigenvalue weighted by Gasteiger charge is -2.04. The van der Waals surface area contributed by atoms with Gasteiger partial charge < -0.3 is 0 Å². The summed E-state index contributed by atoms with van der Waals surface area (Å²) < 4.78 is 22.2. The van der Waals surface area contributed by atoms with Crippen molar-refractivity contribution in [2.24, 2.45) is 5.14 Å². The van der Waals surface area contributed by atoms with Crippen molar-refractivity contribution in [1.82, 2.24) is 0 Å². The highest BCUT2D eigenvalue weighted by atomic mass is 79.9. The molecule has 0 spiro atoms. The van der Waals surface area contributed by atoms with Gasteiger partial charge in [0, 0.05) is 5.33 Å². The lowest BCUT2D eigenvalue weighted by atomic mass is 10.2. The molecule has 0 aliphatic carbocycles. The maximum absolute atomic E-state index is 11.1. The Labute approximate surface area is 86.1 Å². The van der Waals surface area contributed by atoms with Crippen molar-refractivity contribution >= 4 is 26.0 Å². The molecule has 1 rings (SSSR count). The summed E-state index contributed by atoms with van der Waals surface area (Å²) in [6.07, 6.45) is 0.659. The van der Waals surface area contributed by atoms with E-state index >= 15 is 0 Å². The number of benzene rings is 1. The highest BCUT2D eigenvalue weighted by Crippen LogP contribution is 2.14. The van der Waals surface area contributed by atoms with Crippen LogP contribution in [-0.4, -0.2) is 13.7 Å². The molecule has 0 aliphatic rings. The molecule has 3 nitrogen and oxygen atoms in total. The van der Waals surface area contributed by atoms with Crippen LogP contribution in [0.15, 0.2) is 29.2 Å². The van der Waals surface area contributed by atoms with Gasteiger partial charge in [0.1, 0.15) is 0 Å². The van der Waals surface area contributed by atoms with Crippen molar-refractivity contribution in [2.75, 3.05) is 5.33 Å². The first-order valence-electron chi connectivity index (χ1n) is 3.72. The summed E-state index contributed by atoms with van der Waals surface area (Å²) in [6, 6.07) is 6.75. The summed E-state index contributed by atoms with van der Waals surface area (Å²) in [4.78, 5) is 0.217. The minimum Gasteiger partial charge on any atom is -0.225 e. The fraction of sp³-hybridized carbons (Fsp3) is 0.250. The van der Waals surface area contributed by atoms with E-state index in [-0.39, 0.29) is 4.90 Å². The van der Waals surface area contributed by atoms with E-state index in [0.717, 1.165) is 10.9 Å². The Kier molecular flexibility index (Phi) is 3.47. The van der Waals surface area contributed by atoms with Crippen molar-refractivity contribution in [3.63, 3.8) is 0 Å². The summed E-state index contributed by atoms with van der Waals surface area (Å²) in [6.45, 7) is 0. The topological polar surface area (TPSA) is 60.2 Å². The van der Waals surface area contributed by atoms with Crippen LogP contribution in [0.4, 0.5) is 0 Å². The Balaban J connectivity index is 3.20. The molecule has 0 saturated carbocycles. The van der Waals surface area contributed by atoms with E-state index in [1.165, 1.54) is 6.07 Å². The zero-order chi connectivity index (χ0) is 9.90. The molecule has 0 heterocycles. The van der Waals surface area contributed by atoms with Gasteiger partial charge in [0.15, 0.2) is 0 Å². The summed E-state index contributed by atoms with van der Waals surface area (Å²) in [5.74, 6) is 0. The second-order valence-corrected chi connectivity index (χ2v) is 4.91. The lowest BCUT2D eigenvalue weighted by Crippen LogP contribution is -2.14. The van der Waals surface area contributed by atoms with Gasteiger partial charge in [-0.25, -0.2) is 13.6 Å². The van der Waals surface area contributed by atoms with Crippen LogP contribution in [0.2, 0.25) is 0 Å². The Morgan fingerprint density at radius 1 is 1.31 bits per heavy atom. The van der Waals surface area contributed by atoms with Gasteiger partial charge >= 0.3 is 0 Å². The van der Waals surface area contributed by atoms with Gasteiger partial charge in [-0.05, 0) is 18.1 Å². The molecule has 1 aromatic carbocycles. The molecule has 2 N–H and O–H groups in total. The van der Waals surface area contributed by atoms with Gasteiger partial charge in [0.25, 0.3) is 0 Å². The minimum atomic E-state index is -3.58. The Hall–Kier alpha value is -0.390. The number of hydrogen-bond acceptors (Lipinski definition) is 2. The SMILES string of the molecule is NS(=O)(=O)c1ccccc1CCBr. The first-order chi connectivity index (χ1) is 6.05. The maximum atomic E-state index is 11.1. The van der Waals surface area contributed by atoms with E-state index in [4.69, 9.17) is 5.14 Å². The van der Waals surface area contributed by atoms with Crippen molar-refractivity contribution in [3.05, 3.63) is 29.8 Å². The lowest BCUT2D eigenvalue weighted by molar-refractivity contribution is 0.597. The molecular formula is C8H10BrNO2S. The average molecular weight is 264 g/mol. The number of aryl methyl sites for hydroxylation is 1. The molecule has 5 heteroatoms. The number of hydrogen-bond donors (Lipinski definition) is 1. The molecule has 0 fully saturated rings. The first kappa shape index (κ1) is 10.7. The van der Waals surface area contributed by atoms with E-state index in [9.17, 15) is 8.42 Å². The van der Waals surface area contributed by atoms with Gasteiger partial charge in [0.2, 0.25) is 10.0 Å². The van der Waals surface area contributed by atoms with Gasteiger partial charge in [-0.2, -0.15) is 0 Å². The fourth-order valence-corrected chi connectivity index (χ4v) is 2.32. The Morgan fingerprint density at radius 2 is 1.92 bits per heavy atom. The first-order valence-corrected chi connectivity index (χ1v) is 6.39.